The molecule has 110 valence electrons. The highest BCUT2D eigenvalue weighted by Crippen LogP contribution is 2.19. The lowest BCUT2D eigenvalue weighted by Gasteiger charge is -2.19. The van der Waals surface area contributed by atoms with Gasteiger partial charge < -0.3 is 5.32 Å². The molecule has 21 heavy (non-hydrogen) atoms. The Kier molecular flexibility index (Phi) is 3.92. The summed E-state index contributed by atoms with van der Waals surface area (Å²) in [5.74, 6) is -0.520. The molecule has 0 fully saturated rings. The lowest BCUT2D eigenvalue weighted by Crippen LogP contribution is -2.27. The standard InChI is InChI=1S/C16H17F2N3/c1-2-14-12-5-6-19-9-15(12)21-16(20-14)7-10-3-4-11(17)8-13(10)18/h3-4,8,19H,2,5-7,9H2,1H3. The van der Waals surface area contributed by atoms with Crippen LogP contribution < -0.4 is 5.32 Å². The van der Waals surface area contributed by atoms with Gasteiger partial charge in [-0.1, -0.05) is 13.0 Å². The number of aromatic nitrogens is 2. The van der Waals surface area contributed by atoms with Crippen molar-refractivity contribution in [1.82, 2.24) is 15.3 Å². The van der Waals surface area contributed by atoms with E-state index in [1.807, 2.05) is 0 Å². The van der Waals surface area contributed by atoms with E-state index in [2.05, 4.69) is 22.2 Å². The molecule has 0 saturated carbocycles. The molecule has 0 spiro atoms. The Morgan fingerprint density at radius 3 is 2.86 bits per heavy atom. The van der Waals surface area contributed by atoms with Crippen LogP contribution in [0.2, 0.25) is 0 Å². The topological polar surface area (TPSA) is 37.8 Å². The smallest absolute Gasteiger partial charge is 0.133 e. The molecule has 2 heterocycles. The minimum atomic E-state index is -0.568. The number of halogens is 2. The van der Waals surface area contributed by atoms with E-state index < -0.39 is 11.6 Å². The van der Waals surface area contributed by atoms with Crippen LogP contribution in [0, 0.1) is 11.6 Å². The molecule has 1 aliphatic rings. The van der Waals surface area contributed by atoms with E-state index in [0.717, 1.165) is 43.4 Å². The van der Waals surface area contributed by atoms with Gasteiger partial charge in [0.1, 0.15) is 17.5 Å². The SMILES string of the molecule is CCc1nc(Cc2ccc(F)cc2F)nc2c1CCNC2. The Hall–Kier alpha value is -1.88. The summed E-state index contributed by atoms with van der Waals surface area (Å²) < 4.78 is 26.7. The Balaban J connectivity index is 1.95. The van der Waals surface area contributed by atoms with E-state index in [0.29, 0.717) is 11.4 Å². The van der Waals surface area contributed by atoms with Crippen molar-refractivity contribution < 1.29 is 8.78 Å². The maximum absolute atomic E-state index is 13.7. The Morgan fingerprint density at radius 2 is 2.10 bits per heavy atom. The highest BCUT2D eigenvalue weighted by molar-refractivity contribution is 5.30. The van der Waals surface area contributed by atoms with Crippen LogP contribution in [0.15, 0.2) is 18.2 Å². The van der Waals surface area contributed by atoms with Crippen LogP contribution in [0.5, 0.6) is 0 Å². The first kappa shape index (κ1) is 14.1. The number of nitrogens with one attached hydrogen (secondary N) is 1. The highest BCUT2D eigenvalue weighted by Gasteiger charge is 2.17. The molecule has 3 rings (SSSR count). The fourth-order valence-electron chi connectivity index (χ4n) is 2.70. The fourth-order valence-corrected chi connectivity index (χ4v) is 2.70. The van der Waals surface area contributed by atoms with E-state index in [-0.39, 0.29) is 6.42 Å². The van der Waals surface area contributed by atoms with Crippen molar-refractivity contribution in [2.24, 2.45) is 0 Å². The summed E-state index contributed by atoms with van der Waals surface area (Å²) in [7, 11) is 0. The van der Waals surface area contributed by atoms with Crippen LogP contribution in [-0.2, 0) is 25.8 Å². The van der Waals surface area contributed by atoms with Gasteiger partial charge in [0.2, 0.25) is 0 Å². The molecule has 1 N–H and O–H groups in total. The largest absolute Gasteiger partial charge is 0.311 e. The molecule has 2 aromatic rings. The maximum atomic E-state index is 13.7. The Bertz CT molecular complexity index is 654. The third-order valence-electron chi connectivity index (χ3n) is 3.77. The second-order valence-corrected chi connectivity index (χ2v) is 5.20. The lowest BCUT2D eigenvalue weighted by molar-refractivity contribution is 0.572. The summed E-state index contributed by atoms with van der Waals surface area (Å²) >= 11 is 0. The van der Waals surface area contributed by atoms with E-state index in [4.69, 9.17) is 0 Å². The van der Waals surface area contributed by atoms with E-state index in [1.165, 1.54) is 17.7 Å². The second kappa shape index (κ2) is 5.85. The molecular formula is C16H17F2N3. The summed E-state index contributed by atoms with van der Waals surface area (Å²) in [4.78, 5) is 9.11. The minimum absolute atomic E-state index is 0.284. The fraction of sp³-hybridized carbons (Fsp3) is 0.375. The molecule has 0 atom stereocenters. The van der Waals surface area contributed by atoms with Gasteiger partial charge in [-0.25, -0.2) is 18.7 Å². The molecule has 5 heteroatoms. The maximum Gasteiger partial charge on any atom is 0.133 e. The number of benzene rings is 1. The highest BCUT2D eigenvalue weighted by atomic mass is 19.1. The molecule has 1 aromatic heterocycles. The Morgan fingerprint density at radius 1 is 1.24 bits per heavy atom. The van der Waals surface area contributed by atoms with Crippen LogP contribution in [0.3, 0.4) is 0 Å². The van der Waals surface area contributed by atoms with Crippen LogP contribution in [0.1, 0.15) is 35.3 Å². The summed E-state index contributed by atoms with van der Waals surface area (Å²) in [6.45, 7) is 3.73. The molecule has 0 amide bonds. The van der Waals surface area contributed by atoms with Gasteiger partial charge in [-0.2, -0.15) is 0 Å². The van der Waals surface area contributed by atoms with Crippen molar-refractivity contribution >= 4 is 0 Å². The predicted octanol–water partition coefficient (Wildman–Crippen LogP) is 2.55. The first-order valence-electron chi connectivity index (χ1n) is 7.19. The first-order chi connectivity index (χ1) is 10.2. The third-order valence-corrected chi connectivity index (χ3v) is 3.77. The average Bonchev–Trinajstić information content (AvgIpc) is 2.49. The number of fused-ring (bicyclic) bond motifs is 1. The van der Waals surface area contributed by atoms with Crippen molar-refractivity contribution in [2.45, 2.75) is 32.7 Å². The Labute approximate surface area is 122 Å². The zero-order valence-corrected chi connectivity index (χ0v) is 11.9. The van der Waals surface area contributed by atoms with E-state index in [9.17, 15) is 8.78 Å². The summed E-state index contributed by atoms with van der Waals surface area (Å²) in [5.41, 5.74) is 3.69. The van der Waals surface area contributed by atoms with E-state index in [1.54, 1.807) is 0 Å². The van der Waals surface area contributed by atoms with Gasteiger partial charge >= 0.3 is 0 Å². The monoisotopic (exact) mass is 289 g/mol. The van der Waals surface area contributed by atoms with E-state index >= 15 is 0 Å². The average molecular weight is 289 g/mol. The molecule has 0 unspecified atom stereocenters. The van der Waals surface area contributed by atoms with Gasteiger partial charge in [-0.15, -0.1) is 0 Å². The summed E-state index contributed by atoms with van der Waals surface area (Å²) in [5, 5.41) is 3.29. The van der Waals surface area contributed by atoms with Gasteiger partial charge in [-0.05, 0) is 36.6 Å². The molecule has 3 nitrogen and oxygen atoms in total. The number of aryl methyl sites for hydroxylation is 1. The molecule has 0 saturated heterocycles. The number of nitrogens with zero attached hydrogens (tertiary/aromatic N) is 2. The number of hydrogen-bond donors (Lipinski definition) is 1. The predicted molar refractivity (Wildman–Crippen MR) is 76.0 cm³/mol. The zero-order chi connectivity index (χ0) is 14.8. The summed E-state index contributed by atoms with van der Waals surface area (Å²) in [6.07, 6.45) is 2.06. The summed E-state index contributed by atoms with van der Waals surface area (Å²) in [6, 6.07) is 3.62. The third kappa shape index (κ3) is 2.93. The minimum Gasteiger partial charge on any atom is -0.311 e. The molecule has 0 aliphatic carbocycles. The van der Waals surface area contributed by atoms with Gasteiger partial charge in [0.05, 0.1) is 5.69 Å². The van der Waals surface area contributed by atoms with Gasteiger partial charge in [0.25, 0.3) is 0 Å². The van der Waals surface area contributed by atoms with Crippen molar-refractivity contribution in [3.8, 4) is 0 Å². The second-order valence-electron chi connectivity index (χ2n) is 5.20. The van der Waals surface area contributed by atoms with Crippen molar-refractivity contribution in [3.63, 3.8) is 0 Å². The zero-order valence-electron chi connectivity index (χ0n) is 11.9. The molecule has 0 radical (unpaired) electrons. The van der Waals surface area contributed by atoms with Crippen LogP contribution in [0.4, 0.5) is 8.78 Å². The number of hydrogen-bond acceptors (Lipinski definition) is 3. The van der Waals surface area contributed by atoms with Gasteiger partial charge in [-0.3, -0.25) is 0 Å². The normalized spacial score (nSPS) is 14.0. The first-order valence-corrected chi connectivity index (χ1v) is 7.19. The lowest BCUT2D eigenvalue weighted by atomic mass is 10.0. The van der Waals surface area contributed by atoms with Crippen molar-refractivity contribution in [3.05, 3.63) is 58.2 Å². The van der Waals surface area contributed by atoms with Crippen molar-refractivity contribution in [1.29, 1.82) is 0 Å². The van der Waals surface area contributed by atoms with Crippen LogP contribution in [-0.4, -0.2) is 16.5 Å². The van der Waals surface area contributed by atoms with Crippen LogP contribution in [0.25, 0.3) is 0 Å². The van der Waals surface area contributed by atoms with Crippen LogP contribution >= 0.6 is 0 Å². The molecule has 1 aromatic carbocycles. The molecular weight excluding hydrogens is 272 g/mol. The molecule has 0 bridgehead atoms. The van der Waals surface area contributed by atoms with Crippen molar-refractivity contribution in [2.75, 3.05) is 6.54 Å². The quantitative estimate of drug-likeness (QED) is 0.943. The molecule has 1 aliphatic heterocycles. The number of rotatable bonds is 3. The van der Waals surface area contributed by atoms with Gasteiger partial charge in [0, 0.05) is 24.7 Å². The van der Waals surface area contributed by atoms with Gasteiger partial charge in [0.15, 0.2) is 0 Å².